The second-order valence-corrected chi connectivity index (χ2v) is 8.64. The van der Waals surface area contributed by atoms with Gasteiger partial charge < -0.3 is 10.0 Å². The quantitative estimate of drug-likeness (QED) is 0.237. The SMILES string of the molecule is CCCCCN1C(=O)C(=O)/C(=C(/O)c2cccc3ccccc23)C1c1sccc1C. The minimum Gasteiger partial charge on any atom is -0.507 e. The number of hydrogen-bond acceptors (Lipinski definition) is 4. The molecule has 0 spiro atoms. The molecule has 0 aliphatic carbocycles. The maximum Gasteiger partial charge on any atom is 0.295 e. The molecule has 4 rings (SSSR count). The zero-order valence-corrected chi connectivity index (χ0v) is 18.0. The van der Waals surface area contributed by atoms with E-state index >= 15 is 0 Å². The zero-order valence-electron chi connectivity index (χ0n) is 17.2. The summed E-state index contributed by atoms with van der Waals surface area (Å²) in [5, 5.41) is 15.1. The number of aryl methyl sites for hydroxylation is 1. The monoisotopic (exact) mass is 419 g/mol. The van der Waals surface area contributed by atoms with Crippen molar-refractivity contribution >= 4 is 39.6 Å². The second kappa shape index (κ2) is 8.44. The first-order valence-corrected chi connectivity index (χ1v) is 11.2. The predicted molar refractivity (Wildman–Crippen MR) is 122 cm³/mol. The fraction of sp³-hybridized carbons (Fsp3) is 0.280. The molecule has 1 aliphatic rings. The van der Waals surface area contributed by atoms with Gasteiger partial charge in [0.25, 0.3) is 11.7 Å². The van der Waals surface area contributed by atoms with Crippen LogP contribution in [0.25, 0.3) is 16.5 Å². The summed E-state index contributed by atoms with van der Waals surface area (Å²) in [4.78, 5) is 28.7. The molecule has 0 saturated carbocycles. The third-order valence-electron chi connectivity index (χ3n) is 5.74. The molecule has 4 nitrogen and oxygen atoms in total. The molecule has 3 aromatic rings. The van der Waals surface area contributed by atoms with Crippen LogP contribution >= 0.6 is 11.3 Å². The standard InChI is InChI=1S/C25H25NO3S/c1-3-4-7-14-26-21(24-16(2)13-15-30-24)20(23(28)25(26)29)22(27)19-12-8-10-17-9-5-6-11-18(17)19/h5-6,8-13,15,21,27H,3-4,7,14H2,1-2H3/b22-20+. The van der Waals surface area contributed by atoms with Gasteiger partial charge in [0.1, 0.15) is 5.76 Å². The normalized spacial score (nSPS) is 18.5. The van der Waals surface area contributed by atoms with Crippen LogP contribution in [-0.2, 0) is 9.59 Å². The molecular formula is C25H25NO3S. The van der Waals surface area contributed by atoms with Crippen molar-refractivity contribution in [2.75, 3.05) is 6.54 Å². The summed E-state index contributed by atoms with van der Waals surface area (Å²) in [6, 6.07) is 14.8. The fourth-order valence-corrected chi connectivity index (χ4v) is 5.20. The van der Waals surface area contributed by atoms with E-state index in [1.54, 1.807) is 11.0 Å². The van der Waals surface area contributed by atoms with Gasteiger partial charge in [-0.25, -0.2) is 0 Å². The lowest BCUT2D eigenvalue weighted by atomic mass is 9.95. The Labute approximate surface area is 180 Å². The topological polar surface area (TPSA) is 57.6 Å². The number of aliphatic hydroxyl groups is 1. The third-order valence-corrected chi connectivity index (χ3v) is 6.81. The number of amides is 1. The van der Waals surface area contributed by atoms with E-state index in [0.717, 1.165) is 40.5 Å². The van der Waals surface area contributed by atoms with Crippen molar-refractivity contribution in [1.29, 1.82) is 0 Å². The Bertz CT molecular complexity index is 1140. The number of carbonyl (C=O) groups excluding carboxylic acids is 2. The van der Waals surface area contributed by atoms with E-state index in [1.165, 1.54) is 11.3 Å². The summed E-state index contributed by atoms with van der Waals surface area (Å²) in [5.41, 5.74) is 1.80. The van der Waals surface area contributed by atoms with Crippen LogP contribution in [0.2, 0.25) is 0 Å². The van der Waals surface area contributed by atoms with E-state index in [0.29, 0.717) is 12.1 Å². The molecule has 1 N–H and O–H groups in total. The van der Waals surface area contributed by atoms with E-state index < -0.39 is 17.7 Å². The van der Waals surface area contributed by atoms with Crippen LogP contribution in [0.4, 0.5) is 0 Å². The minimum atomic E-state index is -0.602. The van der Waals surface area contributed by atoms with Gasteiger partial charge in [0, 0.05) is 17.0 Å². The van der Waals surface area contributed by atoms with Crippen molar-refractivity contribution in [2.24, 2.45) is 0 Å². The number of unbranched alkanes of at least 4 members (excludes halogenated alkanes) is 2. The number of nitrogens with zero attached hydrogens (tertiary/aromatic N) is 1. The van der Waals surface area contributed by atoms with Crippen LogP contribution in [0.5, 0.6) is 0 Å². The van der Waals surface area contributed by atoms with E-state index in [1.807, 2.05) is 54.8 Å². The summed E-state index contributed by atoms with van der Waals surface area (Å²) in [6.07, 6.45) is 2.85. The number of hydrogen-bond donors (Lipinski definition) is 1. The molecule has 1 aromatic heterocycles. The van der Waals surface area contributed by atoms with Gasteiger partial charge >= 0.3 is 0 Å². The average molecular weight is 420 g/mol. The number of benzene rings is 2. The Morgan fingerprint density at radius 1 is 1.07 bits per heavy atom. The number of rotatable bonds is 6. The summed E-state index contributed by atoms with van der Waals surface area (Å²) in [7, 11) is 0. The highest BCUT2D eigenvalue weighted by Gasteiger charge is 2.46. The molecule has 2 aromatic carbocycles. The number of likely N-dealkylation sites (tertiary alicyclic amines) is 1. The van der Waals surface area contributed by atoms with Gasteiger partial charge in [0.05, 0.1) is 11.6 Å². The van der Waals surface area contributed by atoms with Crippen LogP contribution in [0.3, 0.4) is 0 Å². The molecule has 5 heteroatoms. The highest BCUT2D eigenvalue weighted by Crippen LogP contribution is 2.43. The number of fused-ring (bicyclic) bond motifs is 1. The molecule has 1 atom stereocenters. The first kappa shape index (κ1) is 20.4. The lowest BCUT2D eigenvalue weighted by Crippen LogP contribution is -2.30. The van der Waals surface area contributed by atoms with Crippen LogP contribution in [0, 0.1) is 6.92 Å². The highest BCUT2D eigenvalue weighted by atomic mass is 32.1. The summed E-state index contributed by atoms with van der Waals surface area (Å²) in [5.74, 6) is -1.22. The van der Waals surface area contributed by atoms with Gasteiger partial charge in [-0.3, -0.25) is 9.59 Å². The van der Waals surface area contributed by atoms with E-state index in [-0.39, 0.29) is 11.3 Å². The van der Waals surface area contributed by atoms with E-state index in [2.05, 4.69) is 6.92 Å². The summed E-state index contributed by atoms with van der Waals surface area (Å²) >= 11 is 1.52. The van der Waals surface area contributed by atoms with Crippen molar-refractivity contribution in [1.82, 2.24) is 4.90 Å². The van der Waals surface area contributed by atoms with Gasteiger partial charge in [-0.1, -0.05) is 62.2 Å². The highest BCUT2D eigenvalue weighted by molar-refractivity contribution is 7.10. The number of Topliss-reactive ketones (excluding diaryl/α,β-unsaturated/α-hetero) is 1. The predicted octanol–water partition coefficient (Wildman–Crippen LogP) is 5.82. The molecule has 2 heterocycles. The van der Waals surface area contributed by atoms with Gasteiger partial charge in [-0.05, 0) is 41.1 Å². The lowest BCUT2D eigenvalue weighted by Gasteiger charge is -2.25. The molecule has 1 saturated heterocycles. The molecule has 0 bridgehead atoms. The maximum atomic E-state index is 13.1. The third kappa shape index (κ3) is 3.43. The number of carbonyl (C=O) groups is 2. The Hall–Kier alpha value is -2.92. The van der Waals surface area contributed by atoms with Crippen molar-refractivity contribution < 1.29 is 14.7 Å². The summed E-state index contributed by atoms with van der Waals surface area (Å²) in [6.45, 7) is 4.60. The van der Waals surface area contributed by atoms with Gasteiger partial charge in [-0.15, -0.1) is 11.3 Å². The Morgan fingerprint density at radius 2 is 1.83 bits per heavy atom. The van der Waals surface area contributed by atoms with Crippen molar-refractivity contribution in [3.8, 4) is 0 Å². The van der Waals surface area contributed by atoms with Gasteiger partial charge in [0.15, 0.2) is 0 Å². The zero-order chi connectivity index (χ0) is 21.3. The molecule has 1 amide bonds. The number of aliphatic hydroxyl groups excluding tert-OH is 1. The minimum absolute atomic E-state index is 0.0964. The lowest BCUT2D eigenvalue weighted by molar-refractivity contribution is -0.139. The Morgan fingerprint density at radius 3 is 2.57 bits per heavy atom. The molecule has 0 radical (unpaired) electrons. The largest absolute Gasteiger partial charge is 0.507 e. The van der Waals surface area contributed by atoms with Gasteiger partial charge in [-0.2, -0.15) is 0 Å². The molecule has 1 unspecified atom stereocenters. The molecule has 154 valence electrons. The molecule has 30 heavy (non-hydrogen) atoms. The van der Waals surface area contributed by atoms with Gasteiger partial charge in [0.2, 0.25) is 0 Å². The molecular weight excluding hydrogens is 394 g/mol. The Balaban J connectivity index is 1.90. The smallest absolute Gasteiger partial charge is 0.295 e. The molecule has 1 aliphatic heterocycles. The van der Waals surface area contributed by atoms with Crippen molar-refractivity contribution in [2.45, 2.75) is 39.2 Å². The van der Waals surface area contributed by atoms with Crippen molar-refractivity contribution in [3.63, 3.8) is 0 Å². The van der Waals surface area contributed by atoms with Crippen LogP contribution in [0.15, 0.2) is 59.5 Å². The molecule has 1 fully saturated rings. The first-order chi connectivity index (χ1) is 14.5. The second-order valence-electron chi connectivity index (χ2n) is 7.69. The average Bonchev–Trinajstić information content (AvgIpc) is 3.28. The number of thiophene rings is 1. The number of ketones is 1. The van der Waals surface area contributed by atoms with E-state index in [9.17, 15) is 14.7 Å². The van der Waals surface area contributed by atoms with Crippen LogP contribution in [-0.4, -0.2) is 28.2 Å². The van der Waals surface area contributed by atoms with Crippen LogP contribution in [0.1, 0.15) is 48.2 Å². The Kier molecular flexibility index (Phi) is 5.73. The van der Waals surface area contributed by atoms with E-state index in [4.69, 9.17) is 0 Å². The maximum absolute atomic E-state index is 13.1. The summed E-state index contributed by atoms with van der Waals surface area (Å²) < 4.78 is 0. The fourth-order valence-electron chi connectivity index (χ4n) is 4.16. The van der Waals surface area contributed by atoms with Crippen molar-refractivity contribution in [3.05, 3.63) is 75.5 Å². The first-order valence-electron chi connectivity index (χ1n) is 10.3. The van der Waals surface area contributed by atoms with Crippen LogP contribution < -0.4 is 0 Å².